The first-order valence-electron chi connectivity index (χ1n) is 12.6. The number of alkyl halides is 3. The number of aromatic nitrogens is 1. The lowest BCUT2D eigenvalue weighted by Gasteiger charge is -2.26. The Morgan fingerprint density at radius 1 is 1.19 bits per heavy atom. The first kappa shape index (κ1) is 33.0. The van der Waals surface area contributed by atoms with Crippen molar-refractivity contribution in [2.75, 3.05) is 24.6 Å². The van der Waals surface area contributed by atoms with Crippen molar-refractivity contribution in [2.45, 2.75) is 46.1 Å². The zero-order valence-electron chi connectivity index (χ0n) is 22.8. The molecule has 2 aromatic heterocycles. The predicted molar refractivity (Wildman–Crippen MR) is 146 cm³/mol. The number of benzene rings is 1. The third-order valence-electron chi connectivity index (χ3n) is 5.20. The number of carbonyl (C=O) groups is 1. The van der Waals surface area contributed by atoms with Crippen molar-refractivity contribution < 1.29 is 49.2 Å². The average molecular weight is 636 g/mol. The number of hydrogen-bond acceptors (Lipinski definition) is 9. The van der Waals surface area contributed by atoms with Gasteiger partial charge in [-0.3, -0.25) is 4.90 Å². The molecule has 230 valence electrons. The maximum atomic E-state index is 13.3. The summed E-state index contributed by atoms with van der Waals surface area (Å²) in [6, 6.07) is 8.25. The quantitative estimate of drug-likeness (QED) is 0.202. The van der Waals surface area contributed by atoms with Crippen LogP contribution in [0, 0.1) is 0 Å². The maximum absolute atomic E-state index is 13.3. The SMILES string of the molecule is CCCN(C(=O)OS(=O)(=O)NCCOC(C)C)c1c(OCc2ccco2)cccc1Oc1ncc(C(F)(F)F)cc1Cl. The first-order chi connectivity index (χ1) is 19.8. The normalized spacial score (nSPS) is 11.9. The van der Waals surface area contributed by atoms with Gasteiger partial charge in [-0.1, -0.05) is 24.6 Å². The van der Waals surface area contributed by atoms with Gasteiger partial charge >= 0.3 is 22.6 Å². The van der Waals surface area contributed by atoms with Crippen LogP contribution < -0.4 is 19.1 Å². The molecule has 0 bridgehead atoms. The lowest BCUT2D eigenvalue weighted by Crippen LogP contribution is -2.38. The number of nitrogens with one attached hydrogen (secondary N) is 1. The third-order valence-corrected chi connectivity index (χ3v) is 6.39. The fourth-order valence-electron chi connectivity index (χ4n) is 3.42. The molecule has 0 fully saturated rings. The third kappa shape index (κ3) is 9.51. The number of furan rings is 1. The number of rotatable bonds is 14. The van der Waals surface area contributed by atoms with E-state index in [2.05, 4.69) is 9.71 Å². The number of halogens is 4. The second-order valence-corrected chi connectivity index (χ2v) is 10.6. The first-order valence-corrected chi connectivity index (χ1v) is 14.4. The van der Waals surface area contributed by atoms with E-state index >= 15 is 0 Å². The van der Waals surface area contributed by atoms with Crippen molar-refractivity contribution >= 4 is 33.7 Å². The monoisotopic (exact) mass is 635 g/mol. The highest BCUT2D eigenvalue weighted by atomic mass is 35.5. The molecule has 0 saturated heterocycles. The number of carbonyl (C=O) groups excluding carboxylic acids is 1. The largest absolute Gasteiger partial charge is 0.483 e. The Hall–Kier alpha value is -3.53. The summed E-state index contributed by atoms with van der Waals surface area (Å²) >= 11 is 6.04. The zero-order chi connectivity index (χ0) is 30.9. The van der Waals surface area contributed by atoms with Crippen LogP contribution in [0.15, 0.2) is 53.3 Å². The van der Waals surface area contributed by atoms with Gasteiger partial charge in [0.15, 0.2) is 5.75 Å². The van der Waals surface area contributed by atoms with Gasteiger partial charge in [-0.25, -0.2) is 9.78 Å². The molecule has 16 heteroatoms. The van der Waals surface area contributed by atoms with Crippen LogP contribution in [0.5, 0.6) is 17.4 Å². The highest BCUT2D eigenvalue weighted by molar-refractivity contribution is 7.85. The van der Waals surface area contributed by atoms with Gasteiger partial charge in [0.05, 0.1) is 24.5 Å². The van der Waals surface area contributed by atoms with Crippen molar-refractivity contribution in [3.05, 3.63) is 65.2 Å². The van der Waals surface area contributed by atoms with E-state index in [-0.39, 0.29) is 49.6 Å². The Labute approximate surface area is 245 Å². The van der Waals surface area contributed by atoms with E-state index in [1.165, 1.54) is 24.5 Å². The van der Waals surface area contributed by atoms with Crippen molar-refractivity contribution in [1.29, 1.82) is 0 Å². The highest BCUT2D eigenvalue weighted by Gasteiger charge is 2.33. The van der Waals surface area contributed by atoms with Crippen LogP contribution in [0.2, 0.25) is 5.02 Å². The summed E-state index contributed by atoms with van der Waals surface area (Å²) in [5, 5.41) is -0.460. The molecule has 1 amide bonds. The predicted octanol–water partition coefficient (Wildman–Crippen LogP) is 6.33. The molecule has 0 saturated carbocycles. The number of nitrogens with zero attached hydrogens (tertiary/aromatic N) is 2. The summed E-state index contributed by atoms with van der Waals surface area (Å²) in [5.41, 5.74) is -1.18. The van der Waals surface area contributed by atoms with Crippen molar-refractivity contribution in [1.82, 2.24) is 9.71 Å². The standard InChI is InChI=1S/C26H29ClF3N3O8S/c1-4-11-33(25(34)41-42(35,36)32-10-13-37-17(2)3)23-21(39-16-19-7-6-12-38-19)8-5-9-22(23)40-24-20(27)14-18(15-31-24)26(28,29)30/h5-9,12,14-15,17,32H,4,10-11,13,16H2,1-3H3. The molecule has 0 aliphatic rings. The number of para-hydroxylation sites is 1. The molecule has 3 rings (SSSR count). The second-order valence-electron chi connectivity index (χ2n) is 8.85. The fourth-order valence-corrected chi connectivity index (χ4v) is 4.29. The summed E-state index contributed by atoms with van der Waals surface area (Å²) in [5.74, 6) is -0.0756. The number of pyridine rings is 1. The summed E-state index contributed by atoms with van der Waals surface area (Å²) in [4.78, 5) is 17.9. The Morgan fingerprint density at radius 3 is 2.55 bits per heavy atom. The maximum Gasteiger partial charge on any atom is 0.431 e. The minimum absolute atomic E-state index is 0.0352. The van der Waals surface area contributed by atoms with Gasteiger partial charge in [-0.15, -0.1) is 0 Å². The molecule has 1 aromatic carbocycles. The second kappa shape index (κ2) is 14.6. The van der Waals surface area contributed by atoms with Gasteiger partial charge in [0.25, 0.3) is 0 Å². The fraction of sp³-hybridized carbons (Fsp3) is 0.385. The molecular formula is C26H29ClF3N3O8S. The minimum atomic E-state index is -4.69. The van der Waals surface area contributed by atoms with E-state index in [1.807, 2.05) is 0 Å². The van der Waals surface area contributed by atoms with Gasteiger partial charge in [0.1, 0.15) is 28.8 Å². The van der Waals surface area contributed by atoms with E-state index in [4.69, 9.17) is 34.4 Å². The van der Waals surface area contributed by atoms with E-state index in [0.717, 1.165) is 4.90 Å². The van der Waals surface area contributed by atoms with Crippen LogP contribution in [0.1, 0.15) is 38.5 Å². The van der Waals surface area contributed by atoms with Gasteiger partial charge in [-0.2, -0.15) is 26.3 Å². The Morgan fingerprint density at radius 2 is 1.93 bits per heavy atom. The Balaban J connectivity index is 1.97. The van der Waals surface area contributed by atoms with Crippen LogP contribution in [0.3, 0.4) is 0 Å². The van der Waals surface area contributed by atoms with Crippen LogP contribution >= 0.6 is 11.6 Å². The van der Waals surface area contributed by atoms with E-state index in [0.29, 0.717) is 24.4 Å². The molecule has 0 spiro atoms. The smallest absolute Gasteiger partial charge is 0.431 e. The van der Waals surface area contributed by atoms with Crippen molar-refractivity contribution in [3.8, 4) is 17.4 Å². The van der Waals surface area contributed by atoms with Crippen molar-refractivity contribution in [3.63, 3.8) is 0 Å². The molecule has 0 aliphatic heterocycles. The number of anilines is 1. The Kier molecular flexibility index (Phi) is 11.4. The number of ether oxygens (including phenoxy) is 3. The lowest BCUT2D eigenvalue weighted by atomic mass is 10.2. The minimum Gasteiger partial charge on any atom is -0.483 e. The molecule has 1 N–H and O–H groups in total. The molecule has 11 nitrogen and oxygen atoms in total. The molecule has 3 aromatic rings. The molecule has 2 heterocycles. The number of hydrogen-bond donors (Lipinski definition) is 1. The molecule has 0 atom stereocenters. The summed E-state index contributed by atoms with van der Waals surface area (Å²) < 4.78 is 93.4. The topological polar surface area (TPSA) is 129 Å². The van der Waals surface area contributed by atoms with Crippen LogP contribution in [-0.4, -0.2) is 45.3 Å². The van der Waals surface area contributed by atoms with Crippen molar-refractivity contribution in [2.24, 2.45) is 0 Å². The van der Waals surface area contributed by atoms with Gasteiger partial charge < -0.3 is 22.8 Å². The highest BCUT2D eigenvalue weighted by Crippen LogP contribution is 2.43. The Bertz CT molecular complexity index is 1440. The van der Waals surface area contributed by atoms with E-state index in [1.54, 1.807) is 32.9 Å². The molecule has 42 heavy (non-hydrogen) atoms. The van der Waals surface area contributed by atoms with Gasteiger partial charge in [0, 0.05) is 19.3 Å². The number of amides is 1. The lowest BCUT2D eigenvalue weighted by molar-refractivity contribution is -0.137. The van der Waals surface area contributed by atoms with E-state index in [9.17, 15) is 26.4 Å². The summed E-state index contributed by atoms with van der Waals surface area (Å²) in [6.45, 7) is 4.98. The van der Waals surface area contributed by atoms with Gasteiger partial charge in [-0.05, 0) is 50.6 Å². The summed E-state index contributed by atoms with van der Waals surface area (Å²) in [7, 11) is -4.57. The average Bonchev–Trinajstić information content (AvgIpc) is 3.43. The zero-order valence-corrected chi connectivity index (χ0v) is 24.4. The molecule has 0 aliphatic carbocycles. The molecule has 0 radical (unpaired) electrons. The van der Waals surface area contributed by atoms with E-state index < -0.39 is 39.0 Å². The van der Waals surface area contributed by atoms with Crippen LogP contribution in [0.4, 0.5) is 23.7 Å². The van der Waals surface area contributed by atoms with Crippen LogP contribution in [0.25, 0.3) is 0 Å². The molecular weight excluding hydrogens is 607 g/mol. The van der Waals surface area contributed by atoms with Crippen LogP contribution in [-0.2, 0) is 32.0 Å². The molecule has 0 unspecified atom stereocenters. The summed E-state index contributed by atoms with van der Waals surface area (Å²) in [6.07, 6.45) is -3.84. The van der Waals surface area contributed by atoms with Gasteiger partial charge in [0.2, 0.25) is 5.88 Å².